The minimum absolute atomic E-state index is 0.0770. The maximum Gasteiger partial charge on any atom is 0.237 e. The first-order valence-electron chi connectivity index (χ1n) is 7.05. The molecule has 0 spiro atoms. The van der Waals surface area contributed by atoms with E-state index in [9.17, 15) is 9.59 Å². The van der Waals surface area contributed by atoms with Crippen molar-refractivity contribution >= 4 is 50.9 Å². The highest BCUT2D eigenvalue weighted by Crippen LogP contribution is 2.28. The smallest absolute Gasteiger partial charge is 0.237 e. The Morgan fingerprint density at radius 1 is 1.09 bits per heavy atom. The fourth-order valence-electron chi connectivity index (χ4n) is 1.91. The molecule has 2 aromatic rings. The minimum atomic E-state index is -0.269. The molecule has 2 amide bonds. The van der Waals surface area contributed by atoms with Crippen LogP contribution in [0.2, 0.25) is 0 Å². The molecule has 0 aromatic heterocycles. The normalized spacial score (nSPS) is 11.6. The lowest BCUT2D eigenvalue weighted by molar-refractivity contribution is -0.115. The van der Waals surface area contributed by atoms with Gasteiger partial charge in [0.15, 0.2) is 0 Å². The Balaban J connectivity index is 2.01. The molecule has 0 heterocycles. The quantitative estimate of drug-likeness (QED) is 0.734. The number of carbonyl (C=O) groups excluding carboxylic acids is 2. The summed E-state index contributed by atoms with van der Waals surface area (Å²) in [6.07, 6.45) is 0. The summed E-state index contributed by atoms with van der Waals surface area (Å²) >= 11 is 4.85. The SMILES string of the molecule is CC(=O)Nc1cccc(SC(C)C(=O)Nc2ccccc2Br)c1. The van der Waals surface area contributed by atoms with Gasteiger partial charge in [-0.1, -0.05) is 18.2 Å². The first kappa shape index (κ1) is 17.6. The lowest BCUT2D eigenvalue weighted by Crippen LogP contribution is -2.22. The molecule has 0 saturated heterocycles. The van der Waals surface area contributed by atoms with Crippen LogP contribution in [0.3, 0.4) is 0 Å². The second-order valence-corrected chi connectivity index (χ2v) is 7.21. The van der Waals surface area contributed by atoms with Crippen LogP contribution < -0.4 is 10.6 Å². The van der Waals surface area contributed by atoms with Crippen LogP contribution in [0.4, 0.5) is 11.4 Å². The molecule has 0 aliphatic carbocycles. The molecule has 0 saturated carbocycles. The number of hydrogen-bond donors (Lipinski definition) is 2. The summed E-state index contributed by atoms with van der Waals surface area (Å²) in [6.45, 7) is 3.32. The Labute approximate surface area is 148 Å². The van der Waals surface area contributed by atoms with Gasteiger partial charge in [0.1, 0.15) is 0 Å². The fourth-order valence-corrected chi connectivity index (χ4v) is 3.22. The number of para-hydroxylation sites is 1. The van der Waals surface area contributed by atoms with Crippen molar-refractivity contribution in [1.29, 1.82) is 0 Å². The van der Waals surface area contributed by atoms with Crippen LogP contribution >= 0.6 is 27.7 Å². The monoisotopic (exact) mass is 392 g/mol. The largest absolute Gasteiger partial charge is 0.326 e. The van der Waals surface area contributed by atoms with Crippen LogP contribution in [-0.2, 0) is 9.59 Å². The molecule has 120 valence electrons. The molecule has 1 unspecified atom stereocenters. The van der Waals surface area contributed by atoms with Gasteiger partial charge in [0.05, 0.1) is 10.9 Å². The average Bonchev–Trinajstić information content (AvgIpc) is 2.49. The summed E-state index contributed by atoms with van der Waals surface area (Å²) in [5, 5.41) is 5.37. The van der Waals surface area contributed by atoms with Crippen LogP contribution in [0, 0.1) is 0 Å². The summed E-state index contributed by atoms with van der Waals surface area (Å²) in [4.78, 5) is 24.3. The molecule has 6 heteroatoms. The van der Waals surface area contributed by atoms with Gasteiger partial charge in [-0.3, -0.25) is 9.59 Å². The van der Waals surface area contributed by atoms with Gasteiger partial charge < -0.3 is 10.6 Å². The third-order valence-electron chi connectivity index (χ3n) is 2.97. The van der Waals surface area contributed by atoms with E-state index in [4.69, 9.17) is 0 Å². The van der Waals surface area contributed by atoms with E-state index in [1.54, 1.807) is 0 Å². The van der Waals surface area contributed by atoms with Crippen LogP contribution in [0.5, 0.6) is 0 Å². The zero-order valence-electron chi connectivity index (χ0n) is 12.8. The van der Waals surface area contributed by atoms with Crippen molar-refractivity contribution in [1.82, 2.24) is 0 Å². The van der Waals surface area contributed by atoms with Crippen LogP contribution in [0.1, 0.15) is 13.8 Å². The standard InChI is InChI=1S/C17H17BrN2O2S/c1-11(17(22)20-16-9-4-3-8-15(16)18)23-14-7-5-6-13(10-14)19-12(2)21/h3-11H,1-2H3,(H,19,21)(H,20,22). The first-order chi connectivity index (χ1) is 11.0. The highest BCUT2D eigenvalue weighted by atomic mass is 79.9. The second kappa shape index (κ2) is 8.17. The summed E-state index contributed by atoms with van der Waals surface area (Å²) in [5.74, 6) is -0.196. The highest BCUT2D eigenvalue weighted by molar-refractivity contribution is 9.10. The summed E-state index contributed by atoms with van der Waals surface area (Å²) < 4.78 is 0.846. The molecule has 1 atom stereocenters. The minimum Gasteiger partial charge on any atom is -0.326 e. The number of rotatable bonds is 5. The third-order valence-corrected chi connectivity index (χ3v) is 4.75. The lowest BCUT2D eigenvalue weighted by Gasteiger charge is -2.13. The number of amides is 2. The zero-order chi connectivity index (χ0) is 16.8. The molecular weight excluding hydrogens is 376 g/mol. The van der Waals surface area contributed by atoms with Crippen molar-refractivity contribution in [2.45, 2.75) is 24.0 Å². The van der Waals surface area contributed by atoms with Crippen LogP contribution in [0.15, 0.2) is 57.9 Å². The van der Waals surface area contributed by atoms with Gasteiger partial charge >= 0.3 is 0 Å². The topological polar surface area (TPSA) is 58.2 Å². The molecule has 4 nitrogen and oxygen atoms in total. The van der Waals surface area contributed by atoms with E-state index in [0.717, 1.165) is 20.7 Å². The van der Waals surface area contributed by atoms with Gasteiger partial charge in [0.25, 0.3) is 0 Å². The number of anilines is 2. The molecule has 2 rings (SSSR count). The van der Waals surface area contributed by atoms with Gasteiger partial charge in [0.2, 0.25) is 11.8 Å². The molecule has 23 heavy (non-hydrogen) atoms. The van der Waals surface area contributed by atoms with E-state index >= 15 is 0 Å². The van der Waals surface area contributed by atoms with Gasteiger partial charge in [-0.15, -0.1) is 11.8 Å². The van der Waals surface area contributed by atoms with Crippen molar-refractivity contribution in [2.24, 2.45) is 0 Å². The molecule has 0 aliphatic rings. The van der Waals surface area contributed by atoms with E-state index in [1.165, 1.54) is 18.7 Å². The Morgan fingerprint density at radius 3 is 2.52 bits per heavy atom. The number of halogens is 1. The summed E-state index contributed by atoms with van der Waals surface area (Å²) in [7, 11) is 0. The number of benzene rings is 2. The number of nitrogens with one attached hydrogen (secondary N) is 2. The van der Waals surface area contributed by atoms with Crippen molar-refractivity contribution in [3.63, 3.8) is 0 Å². The molecule has 0 fully saturated rings. The molecular formula is C17H17BrN2O2S. The van der Waals surface area contributed by atoms with Gasteiger partial charge in [-0.05, 0) is 53.2 Å². The second-order valence-electron chi connectivity index (χ2n) is 4.94. The summed E-state index contributed by atoms with van der Waals surface area (Å²) in [6, 6.07) is 14.9. The molecule has 0 aliphatic heterocycles. The van der Waals surface area contributed by atoms with Crippen LogP contribution in [0.25, 0.3) is 0 Å². The number of hydrogen-bond acceptors (Lipinski definition) is 3. The number of carbonyl (C=O) groups is 2. The van der Waals surface area contributed by atoms with Gasteiger partial charge in [-0.2, -0.15) is 0 Å². The Hall–Kier alpha value is -1.79. The average molecular weight is 393 g/mol. The van der Waals surface area contributed by atoms with E-state index in [1.807, 2.05) is 55.5 Å². The third kappa shape index (κ3) is 5.41. The maximum absolute atomic E-state index is 12.3. The van der Waals surface area contributed by atoms with E-state index in [0.29, 0.717) is 0 Å². The van der Waals surface area contributed by atoms with Crippen molar-refractivity contribution in [2.75, 3.05) is 10.6 Å². The molecule has 0 radical (unpaired) electrons. The molecule has 2 N–H and O–H groups in total. The lowest BCUT2D eigenvalue weighted by atomic mass is 10.3. The van der Waals surface area contributed by atoms with Gasteiger partial charge in [-0.25, -0.2) is 0 Å². The van der Waals surface area contributed by atoms with Gasteiger partial charge in [0, 0.05) is 22.0 Å². The fraction of sp³-hybridized carbons (Fsp3) is 0.176. The number of thioether (sulfide) groups is 1. The van der Waals surface area contributed by atoms with Crippen molar-refractivity contribution in [3.8, 4) is 0 Å². The van der Waals surface area contributed by atoms with E-state index < -0.39 is 0 Å². The maximum atomic E-state index is 12.3. The molecule has 2 aromatic carbocycles. The van der Waals surface area contributed by atoms with E-state index in [-0.39, 0.29) is 17.1 Å². The Kier molecular flexibility index (Phi) is 6.24. The van der Waals surface area contributed by atoms with E-state index in [2.05, 4.69) is 26.6 Å². The van der Waals surface area contributed by atoms with Crippen molar-refractivity contribution in [3.05, 3.63) is 53.0 Å². The molecule has 0 bridgehead atoms. The van der Waals surface area contributed by atoms with Crippen molar-refractivity contribution < 1.29 is 9.59 Å². The van der Waals surface area contributed by atoms with Crippen LogP contribution in [-0.4, -0.2) is 17.1 Å². The first-order valence-corrected chi connectivity index (χ1v) is 8.72. The predicted molar refractivity (Wildman–Crippen MR) is 98.8 cm³/mol. The Morgan fingerprint density at radius 2 is 1.83 bits per heavy atom. The zero-order valence-corrected chi connectivity index (χ0v) is 15.2. The highest BCUT2D eigenvalue weighted by Gasteiger charge is 2.15. The Bertz CT molecular complexity index is 721. The summed E-state index contributed by atoms with van der Waals surface area (Å²) in [5.41, 5.74) is 1.47. The predicted octanol–water partition coefficient (Wildman–Crippen LogP) is 4.53.